The summed E-state index contributed by atoms with van der Waals surface area (Å²) in [5, 5.41) is 13.7. The fraction of sp³-hybridized carbons (Fsp3) is 0.714. The van der Waals surface area contributed by atoms with Crippen molar-refractivity contribution in [2.75, 3.05) is 6.61 Å². The maximum absolute atomic E-state index is 12.7. The topological polar surface area (TPSA) is 111 Å². The Morgan fingerprint density at radius 3 is 2.91 bits per heavy atom. The van der Waals surface area contributed by atoms with E-state index in [-0.39, 0.29) is 24.1 Å². The van der Waals surface area contributed by atoms with E-state index in [1.165, 1.54) is 4.68 Å². The zero-order valence-electron chi connectivity index (χ0n) is 13.2. The molecule has 1 aliphatic heterocycles. The van der Waals surface area contributed by atoms with Crippen molar-refractivity contribution >= 4 is 16.0 Å². The molecular weight excluding hydrogens is 322 g/mol. The molecule has 2 atom stereocenters. The van der Waals surface area contributed by atoms with Gasteiger partial charge in [0.1, 0.15) is 0 Å². The highest BCUT2D eigenvalue weighted by atomic mass is 32.2. The van der Waals surface area contributed by atoms with E-state index in [0.717, 1.165) is 5.69 Å². The number of rotatable bonds is 4. The number of nitrogens with zero attached hydrogens (tertiary/aromatic N) is 2. The predicted molar refractivity (Wildman–Crippen MR) is 80.3 cm³/mol. The SMILES string of the molecule is Cn1nc2c(c1S(=O)(=O)NC1CCC(C)(C(=O)O)C1)COCC2. The number of nitrogens with one attached hydrogen (secondary N) is 1. The fourth-order valence-electron chi connectivity index (χ4n) is 3.44. The minimum Gasteiger partial charge on any atom is -0.481 e. The van der Waals surface area contributed by atoms with E-state index in [4.69, 9.17) is 4.74 Å². The lowest BCUT2D eigenvalue weighted by molar-refractivity contribution is -0.147. The molecule has 1 fully saturated rings. The van der Waals surface area contributed by atoms with Gasteiger partial charge in [-0.15, -0.1) is 0 Å². The van der Waals surface area contributed by atoms with Crippen molar-refractivity contribution in [1.82, 2.24) is 14.5 Å². The summed E-state index contributed by atoms with van der Waals surface area (Å²) in [5.41, 5.74) is 0.480. The summed E-state index contributed by atoms with van der Waals surface area (Å²) in [5.74, 6) is -0.884. The van der Waals surface area contributed by atoms with Crippen molar-refractivity contribution in [3.8, 4) is 0 Å². The molecule has 0 aromatic carbocycles. The van der Waals surface area contributed by atoms with Gasteiger partial charge in [-0.25, -0.2) is 13.1 Å². The van der Waals surface area contributed by atoms with Crippen LogP contribution in [-0.4, -0.2) is 41.9 Å². The molecule has 1 aromatic heterocycles. The van der Waals surface area contributed by atoms with Crippen LogP contribution < -0.4 is 4.72 Å². The average Bonchev–Trinajstić information content (AvgIpc) is 2.99. The molecular formula is C14H21N3O5S. The number of carbonyl (C=O) groups is 1. The summed E-state index contributed by atoms with van der Waals surface area (Å²) in [6.07, 6.45) is 1.86. The van der Waals surface area contributed by atoms with Crippen molar-refractivity contribution in [3.63, 3.8) is 0 Å². The second-order valence-electron chi connectivity index (χ2n) is 6.58. The van der Waals surface area contributed by atoms with Gasteiger partial charge in [-0.3, -0.25) is 9.48 Å². The Hall–Kier alpha value is -1.45. The van der Waals surface area contributed by atoms with E-state index in [0.29, 0.717) is 31.4 Å². The van der Waals surface area contributed by atoms with Gasteiger partial charge in [-0.1, -0.05) is 0 Å². The monoisotopic (exact) mass is 343 g/mol. The first kappa shape index (κ1) is 16.4. The van der Waals surface area contributed by atoms with Crippen LogP contribution in [0.5, 0.6) is 0 Å². The van der Waals surface area contributed by atoms with Gasteiger partial charge in [0.15, 0.2) is 5.03 Å². The van der Waals surface area contributed by atoms with E-state index in [1.54, 1.807) is 14.0 Å². The molecule has 2 unspecified atom stereocenters. The number of aliphatic carboxylic acids is 1. The van der Waals surface area contributed by atoms with Gasteiger partial charge in [-0.05, 0) is 26.2 Å². The quantitative estimate of drug-likeness (QED) is 0.819. The van der Waals surface area contributed by atoms with Gasteiger partial charge in [0.2, 0.25) is 0 Å². The molecule has 23 heavy (non-hydrogen) atoms. The predicted octanol–water partition coefficient (Wildman–Crippen LogP) is 0.414. The van der Waals surface area contributed by atoms with E-state index < -0.39 is 21.4 Å². The Morgan fingerprint density at radius 2 is 2.26 bits per heavy atom. The number of aromatic nitrogens is 2. The molecule has 8 nitrogen and oxygen atoms in total. The first-order valence-electron chi connectivity index (χ1n) is 7.61. The van der Waals surface area contributed by atoms with Crippen molar-refractivity contribution in [2.24, 2.45) is 12.5 Å². The minimum absolute atomic E-state index is 0.121. The molecule has 0 radical (unpaired) electrons. The number of carboxylic acid groups (broad SMARTS) is 1. The van der Waals surface area contributed by atoms with Crippen LogP contribution in [0, 0.1) is 5.41 Å². The Labute approximate surface area is 134 Å². The number of aryl methyl sites for hydroxylation is 1. The van der Waals surface area contributed by atoms with Crippen LogP contribution in [-0.2, 0) is 39.6 Å². The van der Waals surface area contributed by atoms with Gasteiger partial charge in [-0.2, -0.15) is 5.10 Å². The number of hydrogen-bond donors (Lipinski definition) is 2. The molecule has 1 aromatic rings. The number of ether oxygens (including phenoxy) is 1. The van der Waals surface area contributed by atoms with Crippen molar-refractivity contribution in [1.29, 1.82) is 0 Å². The van der Waals surface area contributed by atoms with Gasteiger partial charge in [0.25, 0.3) is 10.0 Å². The number of hydrogen-bond acceptors (Lipinski definition) is 5. The van der Waals surface area contributed by atoms with Gasteiger partial charge >= 0.3 is 5.97 Å². The van der Waals surface area contributed by atoms with E-state index in [2.05, 4.69) is 9.82 Å². The number of sulfonamides is 1. The summed E-state index contributed by atoms with van der Waals surface area (Å²) in [7, 11) is -2.17. The van der Waals surface area contributed by atoms with Crippen molar-refractivity contribution < 1.29 is 23.1 Å². The summed E-state index contributed by atoms with van der Waals surface area (Å²) in [6.45, 7) is 2.43. The molecule has 0 bridgehead atoms. The highest BCUT2D eigenvalue weighted by Gasteiger charge is 2.43. The minimum atomic E-state index is -3.77. The third-order valence-electron chi connectivity index (χ3n) is 4.73. The smallest absolute Gasteiger partial charge is 0.309 e. The van der Waals surface area contributed by atoms with Crippen LogP contribution in [0.2, 0.25) is 0 Å². The molecule has 1 aliphatic carbocycles. The second-order valence-corrected chi connectivity index (χ2v) is 8.21. The van der Waals surface area contributed by atoms with Gasteiger partial charge in [0.05, 0.1) is 24.3 Å². The summed E-state index contributed by atoms with van der Waals surface area (Å²) < 4.78 is 34.9. The van der Waals surface area contributed by atoms with Gasteiger partial charge < -0.3 is 9.84 Å². The van der Waals surface area contributed by atoms with Crippen molar-refractivity contribution in [2.45, 2.75) is 50.3 Å². The average molecular weight is 343 g/mol. The fourth-order valence-corrected chi connectivity index (χ4v) is 5.08. The largest absolute Gasteiger partial charge is 0.481 e. The third kappa shape index (κ3) is 2.88. The van der Waals surface area contributed by atoms with E-state index in [9.17, 15) is 18.3 Å². The van der Waals surface area contributed by atoms with Crippen LogP contribution in [0.4, 0.5) is 0 Å². The normalized spacial score (nSPS) is 27.8. The van der Waals surface area contributed by atoms with Crippen LogP contribution in [0.15, 0.2) is 5.03 Å². The molecule has 2 heterocycles. The molecule has 0 spiro atoms. The highest BCUT2D eigenvalue weighted by Crippen LogP contribution is 2.38. The molecule has 128 valence electrons. The zero-order chi connectivity index (χ0) is 16.8. The second kappa shape index (κ2) is 5.57. The lowest BCUT2D eigenvalue weighted by atomic mass is 9.89. The van der Waals surface area contributed by atoms with Crippen LogP contribution in [0.25, 0.3) is 0 Å². The first-order chi connectivity index (χ1) is 10.7. The molecule has 1 saturated carbocycles. The number of carboxylic acids is 1. The maximum atomic E-state index is 12.7. The van der Waals surface area contributed by atoms with Crippen LogP contribution in [0.1, 0.15) is 37.4 Å². The lowest BCUT2D eigenvalue weighted by Gasteiger charge is -2.19. The molecule has 3 rings (SSSR count). The summed E-state index contributed by atoms with van der Waals surface area (Å²) in [4.78, 5) is 11.3. The maximum Gasteiger partial charge on any atom is 0.309 e. The van der Waals surface area contributed by atoms with Crippen LogP contribution >= 0.6 is 0 Å². The lowest BCUT2D eigenvalue weighted by Crippen LogP contribution is -2.36. The Kier molecular flexibility index (Phi) is 3.97. The van der Waals surface area contributed by atoms with E-state index >= 15 is 0 Å². The van der Waals surface area contributed by atoms with Gasteiger partial charge in [0, 0.05) is 25.1 Å². The Morgan fingerprint density at radius 1 is 1.52 bits per heavy atom. The summed E-state index contributed by atoms with van der Waals surface area (Å²) in [6, 6.07) is -0.379. The highest BCUT2D eigenvalue weighted by molar-refractivity contribution is 7.89. The molecule has 0 saturated heterocycles. The zero-order valence-corrected chi connectivity index (χ0v) is 14.0. The molecule has 9 heteroatoms. The van der Waals surface area contributed by atoms with E-state index in [1.807, 2.05) is 0 Å². The Balaban J connectivity index is 1.84. The van der Waals surface area contributed by atoms with Crippen molar-refractivity contribution in [3.05, 3.63) is 11.3 Å². The standard InChI is InChI=1S/C14H21N3O5S/c1-14(13(18)19)5-3-9(7-14)16-23(20,21)12-10-8-22-6-4-11(10)15-17(12)2/h9,16H,3-8H2,1-2H3,(H,18,19). The summed E-state index contributed by atoms with van der Waals surface area (Å²) >= 11 is 0. The molecule has 0 amide bonds. The molecule has 2 aliphatic rings. The van der Waals surface area contributed by atoms with Crippen LogP contribution in [0.3, 0.4) is 0 Å². The third-order valence-corrected chi connectivity index (χ3v) is 6.40. The first-order valence-corrected chi connectivity index (χ1v) is 9.09. The molecule has 2 N–H and O–H groups in total. The number of fused-ring (bicyclic) bond motifs is 1. The Bertz CT molecular complexity index is 742.